The number of phenols is 1. The van der Waals surface area contributed by atoms with Crippen molar-refractivity contribution in [3.05, 3.63) is 78.1 Å². The van der Waals surface area contributed by atoms with Gasteiger partial charge in [0.15, 0.2) is 0 Å². The zero-order valence-corrected chi connectivity index (χ0v) is 12.2. The highest BCUT2D eigenvalue weighted by molar-refractivity contribution is 6.05. The van der Waals surface area contributed by atoms with Crippen molar-refractivity contribution in [2.24, 2.45) is 0 Å². The monoisotopic (exact) mass is 292 g/mol. The van der Waals surface area contributed by atoms with Crippen LogP contribution in [0.1, 0.15) is 15.9 Å². The number of phenolic OH excluding ortho intramolecular Hbond substituents is 1. The Morgan fingerprint density at radius 2 is 1.77 bits per heavy atom. The predicted molar refractivity (Wildman–Crippen MR) is 86.6 cm³/mol. The number of aromatic nitrogens is 1. The highest BCUT2D eigenvalue weighted by Gasteiger charge is 2.11. The van der Waals surface area contributed by atoms with E-state index in [4.69, 9.17) is 0 Å². The third-order valence-corrected chi connectivity index (χ3v) is 3.51. The number of aromatic hydroxyl groups is 1. The van der Waals surface area contributed by atoms with E-state index in [9.17, 15) is 9.90 Å². The van der Waals surface area contributed by atoms with Crippen LogP contribution in [-0.4, -0.2) is 15.6 Å². The zero-order chi connectivity index (χ0) is 15.5. The second kappa shape index (κ2) is 5.77. The van der Waals surface area contributed by atoms with Crippen molar-refractivity contribution in [2.45, 2.75) is 6.92 Å². The average Bonchev–Trinajstić information content (AvgIpc) is 3.04. The Kier molecular flexibility index (Phi) is 3.66. The maximum atomic E-state index is 12.4. The van der Waals surface area contributed by atoms with Crippen molar-refractivity contribution in [3.8, 4) is 11.4 Å². The summed E-state index contributed by atoms with van der Waals surface area (Å²) in [7, 11) is 0. The summed E-state index contributed by atoms with van der Waals surface area (Å²) in [6, 6.07) is 16.1. The van der Waals surface area contributed by atoms with Gasteiger partial charge in [0, 0.05) is 23.6 Å². The first-order valence-electron chi connectivity index (χ1n) is 6.98. The van der Waals surface area contributed by atoms with E-state index >= 15 is 0 Å². The fourth-order valence-corrected chi connectivity index (χ4v) is 2.30. The molecule has 0 fully saturated rings. The number of carbonyl (C=O) groups is 1. The Hall–Kier alpha value is -3.01. The van der Waals surface area contributed by atoms with Crippen LogP contribution in [0.2, 0.25) is 0 Å². The Balaban J connectivity index is 1.91. The summed E-state index contributed by atoms with van der Waals surface area (Å²) in [5.41, 5.74) is 2.97. The largest absolute Gasteiger partial charge is 0.506 e. The fourth-order valence-electron chi connectivity index (χ4n) is 2.30. The molecule has 2 N–H and O–H groups in total. The third kappa shape index (κ3) is 2.72. The van der Waals surface area contributed by atoms with E-state index in [1.165, 1.54) is 6.07 Å². The first-order valence-corrected chi connectivity index (χ1v) is 6.98. The van der Waals surface area contributed by atoms with Gasteiger partial charge < -0.3 is 15.0 Å². The molecule has 1 amide bonds. The summed E-state index contributed by atoms with van der Waals surface area (Å²) < 4.78 is 1.96. The Morgan fingerprint density at radius 1 is 1.05 bits per heavy atom. The Morgan fingerprint density at radius 3 is 2.50 bits per heavy atom. The molecule has 3 aromatic rings. The molecule has 3 rings (SSSR count). The highest BCUT2D eigenvalue weighted by Crippen LogP contribution is 2.23. The van der Waals surface area contributed by atoms with Crippen LogP contribution in [0, 0.1) is 6.92 Å². The fraction of sp³-hybridized carbons (Fsp3) is 0.0556. The minimum atomic E-state index is -0.255. The smallest absolute Gasteiger partial charge is 0.255 e. The standard InChI is InChI=1S/C18H16N2O2/c1-13-8-9-14(12-16(13)20-10-4-5-11-20)18(22)19-15-6-2-3-7-17(15)21/h2-12,21H,1H3,(H,19,22). The maximum absolute atomic E-state index is 12.4. The number of benzene rings is 2. The van der Waals surface area contributed by atoms with Gasteiger partial charge in [-0.25, -0.2) is 0 Å². The molecular formula is C18H16N2O2. The Labute approximate surface area is 128 Å². The molecule has 0 unspecified atom stereocenters. The van der Waals surface area contributed by atoms with E-state index in [1.807, 2.05) is 48.1 Å². The van der Waals surface area contributed by atoms with Crippen molar-refractivity contribution in [1.29, 1.82) is 0 Å². The SMILES string of the molecule is Cc1ccc(C(=O)Nc2ccccc2O)cc1-n1cccc1. The van der Waals surface area contributed by atoms with E-state index in [0.29, 0.717) is 11.3 Å². The van der Waals surface area contributed by atoms with Crippen molar-refractivity contribution in [3.63, 3.8) is 0 Å². The number of para-hydroxylation sites is 2. The summed E-state index contributed by atoms with van der Waals surface area (Å²) in [5, 5.41) is 12.5. The van der Waals surface area contributed by atoms with Gasteiger partial charge in [0.1, 0.15) is 5.75 Å². The molecule has 4 nitrogen and oxygen atoms in total. The molecule has 1 aromatic heterocycles. The highest BCUT2D eigenvalue weighted by atomic mass is 16.3. The minimum absolute atomic E-state index is 0.0496. The van der Waals surface area contributed by atoms with Gasteiger partial charge in [-0.2, -0.15) is 0 Å². The van der Waals surface area contributed by atoms with Crippen molar-refractivity contribution < 1.29 is 9.90 Å². The minimum Gasteiger partial charge on any atom is -0.506 e. The lowest BCUT2D eigenvalue weighted by molar-refractivity contribution is 0.102. The summed E-state index contributed by atoms with van der Waals surface area (Å²) in [5.74, 6) is -0.205. The summed E-state index contributed by atoms with van der Waals surface area (Å²) in [4.78, 5) is 12.4. The number of anilines is 1. The molecule has 2 aromatic carbocycles. The molecule has 0 saturated heterocycles. The predicted octanol–water partition coefficient (Wildman–Crippen LogP) is 3.74. The van der Waals surface area contributed by atoms with Gasteiger partial charge in [0.2, 0.25) is 0 Å². The molecule has 0 aliphatic heterocycles. The molecule has 0 spiro atoms. The van der Waals surface area contributed by atoms with E-state index in [2.05, 4.69) is 5.32 Å². The molecule has 0 saturated carbocycles. The number of nitrogens with one attached hydrogen (secondary N) is 1. The number of carbonyl (C=O) groups excluding carboxylic acids is 1. The number of amides is 1. The molecule has 110 valence electrons. The summed E-state index contributed by atoms with van der Waals surface area (Å²) in [6.07, 6.45) is 3.88. The van der Waals surface area contributed by atoms with Crippen LogP contribution in [0.5, 0.6) is 5.75 Å². The van der Waals surface area contributed by atoms with Crippen LogP contribution >= 0.6 is 0 Å². The topological polar surface area (TPSA) is 54.3 Å². The number of aryl methyl sites for hydroxylation is 1. The van der Waals surface area contributed by atoms with E-state index < -0.39 is 0 Å². The molecule has 0 radical (unpaired) electrons. The van der Waals surface area contributed by atoms with Gasteiger partial charge in [-0.05, 0) is 48.9 Å². The summed E-state index contributed by atoms with van der Waals surface area (Å²) >= 11 is 0. The zero-order valence-electron chi connectivity index (χ0n) is 12.2. The Bertz CT molecular complexity index is 808. The van der Waals surface area contributed by atoms with Gasteiger partial charge in [-0.15, -0.1) is 0 Å². The molecular weight excluding hydrogens is 276 g/mol. The first-order chi connectivity index (χ1) is 10.6. The van der Waals surface area contributed by atoms with Crippen molar-refractivity contribution in [1.82, 2.24) is 4.57 Å². The first kappa shape index (κ1) is 13.9. The quantitative estimate of drug-likeness (QED) is 0.722. The average molecular weight is 292 g/mol. The number of nitrogens with zero attached hydrogens (tertiary/aromatic N) is 1. The molecule has 22 heavy (non-hydrogen) atoms. The molecule has 0 aliphatic carbocycles. The molecule has 0 aliphatic rings. The van der Waals surface area contributed by atoms with Crippen molar-refractivity contribution in [2.75, 3.05) is 5.32 Å². The van der Waals surface area contributed by atoms with Crippen LogP contribution < -0.4 is 5.32 Å². The third-order valence-electron chi connectivity index (χ3n) is 3.51. The van der Waals surface area contributed by atoms with Crippen molar-refractivity contribution >= 4 is 11.6 Å². The lowest BCUT2D eigenvalue weighted by Crippen LogP contribution is -2.12. The number of rotatable bonds is 3. The molecule has 4 heteroatoms. The molecule has 0 atom stereocenters. The lowest BCUT2D eigenvalue weighted by Gasteiger charge is -2.11. The van der Waals surface area contributed by atoms with Gasteiger partial charge in [0.05, 0.1) is 5.69 Å². The number of hydrogen-bond donors (Lipinski definition) is 2. The van der Waals surface area contributed by atoms with Crippen LogP contribution in [0.25, 0.3) is 5.69 Å². The number of hydrogen-bond acceptors (Lipinski definition) is 2. The normalized spacial score (nSPS) is 10.4. The maximum Gasteiger partial charge on any atom is 0.255 e. The summed E-state index contributed by atoms with van der Waals surface area (Å²) in [6.45, 7) is 2.00. The van der Waals surface area contributed by atoms with E-state index in [0.717, 1.165) is 11.3 Å². The van der Waals surface area contributed by atoms with Crippen LogP contribution in [0.3, 0.4) is 0 Å². The van der Waals surface area contributed by atoms with Gasteiger partial charge >= 0.3 is 0 Å². The second-order valence-corrected chi connectivity index (χ2v) is 5.06. The van der Waals surface area contributed by atoms with Gasteiger partial charge in [0.25, 0.3) is 5.91 Å². The van der Waals surface area contributed by atoms with Gasteiger partial charge in [-0.3, -0.25) is 4.79 Å². The van der Waals surface area contributed by atoms with E-state index in [-0.39, 0.29) is 11.7 Å². The molecule has 0 bridgehead atoms. The second-order valence-electron chi connectivity index (χ2n) is 5.06. The van der Waals surface area contributed by atoms with E-state index in [1.54, 1.807) is 24.3 Å². The molecule has 1 heterocycles. The lowest BCUT2D eigenvalue weighted by atomic mass is 10.1. The van der Waals surface area contributed by atoms with Gasteiger partial charge in [-0.1, -0.05) is 18.2 Å². The van der Waals surface area contributed by atoms with Crippen LogP contribution in [-0.2, 0) is 0 Å². The van der Waals surface area contributed by atoms with Crippen LogP contribution in [0.15, 0.2) is 67.0 Å². The van der Waals surface area contributed by atoms with Crippen LogP contribution in [0.4, 0.5) is 5.69 Å².